The van der Waals surface area contributed by atoms with Gasteiger partial charge in [0.05, 0.1) is 42.9 Å². The summed E-state index contributed by atoms with van der Waals surface area (Å²) in [5.41, 5.74) is 13.1. The molecule has 8 rings (SSSR count). The molecule has 0 bridgehead atoms. The number of fused-ring (bicyclic) bond motifs is 3. The maximum atomic E-state index is 16.1. The first-order valence-corrected chi connectivity index (χ1v) is 20.1. The predicted octanol–water partition coefficient (Wildman–Crippen LogP) is 4.70. The number of nitrogens with zero attached hydrogens (tertiary/aromatic N) is 2. The van der Waals surface area contributed by atoms with Gasteiger partial charge < -0.3 is 36.7 Å². The monoisotopic (exact) mass is 832 g/mol. The SMILES string of the molecule is CC(NC(=O)N1C(=O)C2(c3cc(C#CCNC(N)=O)ccc31)C(C(N)=O)C1C(=O)OC(c3ccccc3)C(c3ccccc3)N1C2c1ccc(OCCO)cc1)c1ccccc1. The molecular formula is C48H44N6O8. The zero-order valence-corrected chi connectivity index (χ0v) is 33.6. The van der Waals surface area contributed by atoms with Crippen molar-refractivity contribution in [2.24, 2.45) is 17.4 Å². The molecule has 5 aromatic rings. The Bertz CT molecular complexity index is 2560. The quantitative estimate of drug-likeness (QED) is 0.0976. The van der Waals surface area contributed by atoms with E-state index in [4.69, 9.17) is 20.9 Å². The minimum atomic E-state index is -2.05. The molecule has 0 aliphatic carbocycles. The maximum Gasteiger partial charge on any atom is 0.329 e. The number of benzene rings is 5. The summed E-state index contributed by atoms with van der Waals surface area (Å²) in [5, 5.41) is 14.9. The number of morpholine rings is 1. The lowest BCUT2D eigenvalue weighted by molar-refractivity contribution is -0.178. The Morgan fingerprint density at radius 2 is 1.48 bits per heavy atom. The Morgan fingerprint density at radius 1 is 0.839 bits per heavy atom. The van der Waals surface area contributed by atoms with Crippen LogP contribution < -0.4 is 31.7 Å². The van der Waals surface area contributed by atoms with E-state index in [0.29, 0.717) is 22.4 Å². The molecule has 6 amide bonds. The van der Waals surface area contributed by atoms with Crippen LogP contribution in [-0.2, 0) is 24.5 Å². The van der Waals surface area contributed by atoms with Gasteiger partial charge in [0, 0.05) is 5.56 Å². The summed E-state index contributed by atoms with van der Waals surface area (Å²) in [6.07, 6.45) is -0.919. The average Bonchev–Trinajstić information content (AvgIpc) is 3.74. The molecule has 2 fully saturated rings. The number of aliphatic hydroxyl groups excluding tert-OH is 1. The van der Waals surface area contributed by atoms with Crippen LogP contribution in [0.3, 0.4) is 0 Å². The molecule has 3 aliphatic heterocycles. The third kappa shape index (κ3) is 7.27. The van der Waals surface area contributed by atoms with Gasteiger partial charge in [-0.25, -0.2) is 14.5 Å². The first-order chi connectivity index (χ1) is 30.1. The second kappa shape index (κ2) is 17.3. The number of aliphatic hydroxyl groups is 1. The molecule has 314 valence electrons. The minimum absolute atomic E-state index is 0.0292. The molecule has 2 saturated heterocycles. The van der Waals surface area contributed by atoms with Gasteiger partial charge in [-0.05, 0) is 65.1 Å². The standard InChI is InChI=1S/C48H44N6O8/c1-29(31-13-5-2-6-14-31)52-47(60)53-37-24-19-30(12-11-25-51-46(50)59)28-36(37)48(45(53)58)38(43(49)56)40-44(57)62-41(33-17-9-4-10-18-33)39(32-15-7-3-8-16-32)54(40)42(48)34-20-22-35(23-21-34)61-27-26-55/h2-10,13-24,28-29,38-42,55H,25-27H2,1H3,(H2,49,56)(H,52,60)(H3,50,51,59). The normalized spacial score (nSPS) is 23.0. The average molecular weight is 833 g/mol. The number of ether oxygens (including phenoxy) is 2. The van der Waals surface area contributed by atoms with Crippen molar-refractivity contribution < 1.29 is 38.6 Å². The zero-order chi connectivity index (χ0) is 43.5. The van der Waals surface area contributed by atoms with Gasteiger partial charge in [0.15, 0.2) is 0 Å². The van der Waals surface area contributed by atoms with Crippen molar-refractivity contribution in [1.29, 1.82) is 0 Å². The van der Waals surface area contributed by atoms with E-state index < -0.39 is 71.5 Å². The number of amides is 6. The molecule has 3 aliphatic rings. The van der Waals surface area contributed by atoms with Crippen molar-refractivity contribution in [3.8, 4) is 17.6 Å². The molecule has 14 heteroatoms. The van der Waals surface area contributed by atoms with E-state index in [1.807, 2.05) is 95.9 Å². The van der Waals surface area contributed by atoms with Crippen LogP contribution >= 0.6 is 0 Å². The first kappa shape index (κ1) is 41.3. The predicted molar refractivity (Wildman–Crippen MR) is 228 cm³/mol. The van der Waals surface area contributed by atoms with Gasteiger partial charge >= 0.3 is 18.0 Å². The van der Waals surface area contributed by atoms with Crippen LogP contribution in [0.5, 0.6) is 5.75 Å². The second-order valence-electron chi connectivity index (χ2n) is 15.3. The van der Waals surface area contributed by atoms with Gasteiger partial charge in [0.25, 0.3) is 0 Å². The van der Waals surface area contributed by atoms with Crippen molar-refractivity contribution in [2.45, 2.75) is 42.6 Å². The number of esters is 1. The van der Waals surface area contributed by atoms with Crippen LogP contribution in [0.1, 0.15) is 64.5 Å². The number of primary amides is 2. The topological polar surface area (TPSA) is 207 Å². The van der Waals surface area contributed by atoms with E-state index in [0.717, 1.165) is 16.0 Å². The fourth-order valence-electron chi connectivity index (χ4n) is 9.28. The molecule has 1 spiro atoms. The van der Waals surface area contributed by atoms with Crippen molar-refractivity contribution in [3.63, 3.8) is 0 Å². The number of hydrogen-bond acceptors (Lipinski definition) is 9. The molecule has 5 aromatic carbocycles. The van der Waals surface area contributed by atoms with Crippen LogP contribution in [-0.4, -0.2) is 65.7 Å². The zero-order valence-electron chi connectivity index (χ0n) is 33.6. The first-order valence-electron chi connectivity index (χ1n) is 20.1. The van der Waals surface area contributed by atoms with Gasteiger partial charge in [-0.2, -0.15) is 0 Å². The molecule has 7 atom stereocenters. The Hall–Kier alpha value is -7.47. The van der Waals surface area contributed by atoms with Gasteiger partial charge in [0.2, 0.25) is 11.8 Å². The van der Waals surface area contributed by atoms with Gasteiger partial charge in [-0.15, -0.1) is 0 Å². The maximum absolute atomic E-state index is 16.1. The summed E-state index contributed by atoms with van der Waals surface area (Å²) in [5.74, 6) is 2.16. The summed E-state index contributed by atoms with van der Waals surface area (Å²) in [4.78, 5) is 74.5. The third-order valence-electron chi connectivity index (χ3n) is 11.7. The molecule has 0 radical (unpaired) electrons. The summed E-state index contributed by atoms with van der Waals surface area (Å²) in [6.45, 7) is 1.52. The molecule has 0 aromatic heterocycles. The Kier molecular flexibility index (Phi) is 11.5. The summed E-state index contributed by atoms with van der Waals surface area (Å²) in [6, 6.07) is 34.1. The largest absolute Gasteiger partial charge is 0.491 e. The van der Waals surface area contributed by atoms with Crippen molar-refractivity contribution in [3.05, 3.63) is 167 Å². The van der Waals surface area contributed by atoms with E-state index in [-0.39, 0.29) is 31.0 Å². The lowest BCUT2D eigenvalue weighted by atomic mass is 9.65. The minimum Gasteiger partial charge on any atom is -0.491 e. The number of anilines is 1. The van der Waals surface area contributed by atoms with E-state index in [9.17, 15) is 24.3 Å². The Labute approximate surface area is 357 Å². The molecule has 62 heavy (non-hydrogen) atoms. The van der Waals surface area contributed by atoms with Gasteiger partial charge in [-0.3, -0.25) is 19.3 Å². The number of nitrogens with one attached hydrogen (secondary N) is 2. The van der Waals surface area contributed by atoms with Crippen LogP contribution in [0.4, 0.5) is 15.3 Å². The Morgan fingerprint density at radius 3 is 2.11 bits per heavy atom. The van der Waals surface area contributed by atoms with E-state index in [1.54, 1.807) is 49.4 Å². The van der Waals surface area contributed by atoms with E-state index in [2.05, 4.69) is 22.5 Å². The number of carbonyl (C=O) groups is 5. The van der Waals surface area contributed by atoms with Crippen molar-refractivity contribution in [1.82, 2.24) is 15.5 Å². The van der Waals surface area contributed by atoms with Crippen LogP contribution in [0.25, 0.3) is 0 Å². The van der Waals surface area contributed by atoms with Gasteiger partial charge in [0.1, 0.15) is 29.9 Å². The summed E-state index contributed by atoms with van der Waals surface area (Å²) in [7, 11) is 0. The second-order valence-corrected chi connectivity index (χ2v) is 15.3. The van der Waals surface area contributed by atoms with Crippen LogP contribution in [0.2, 0.25) is 0 Å². The number of carbonyl (C=O) groups excluding carboxylic acids is 5. The van der Waals surface area contributed by atoms with Crippen LogP contribution in [0, 0.1) is 17.8 Å². The highest BCUT2D eigenvalue weighted by Gasteiger charge is 2.75. The molecule has 7 N–H and O–H groups in total. The van der Waals surface area contributed by atoms with E-state index in [1.165, 1.54) is 0 Å². The Balaban J connectivity index is 1.40. The number of cyclic esters (lactones) is 1. The summed E-state index contributed by atoms with van der Waals surface area (Å²) >= 11 is 0. The van der Waals surface area contributed by atoms with Crippen molar-refractivity contribution >= 4 is 35.5 Å². The van der Waals surface area contributed by atoms with Crippen LogP contribution in [0.15, 0.2) is 133 Å². The van der Waals surface area contributed by atoms with Gasteiger partial charge in [-0.1, -0.05) is 115 Å². The molecule has 0 saturated carbocycles. The lowest BCUT2D eigenvalue weighted by Gasteiger charge is -2.46. The number of imide groups is 1. The number of rotatable bonds is 10. The third-order valence-corrected chi connectivity index (χ3v) is 11.7. The molecule has 3 heterocycles. The molecule has 14 nitrogen and oxygen atoms in total. The highest BCUT2D eigenvalue weighted by Crippen LogP contribution is 2.65. The fraction of sp³-hybridized carbons (Fsp3) is 0.229. The lowest BCUT2D eigenvalue weighted by Crippen LogP contribution is -2.55. The smallest absolute Gasteiger partial charge is 0.329 e. The van der Waals surface area contributed by atoms with E-state index >= 15 is 4.79 Å². The molecular weight excluding hydrogens is 789 g/mol. The number of nitrogens with two attached hydrogens (primary N) is 2. The van der Waals surface area contributed by atoms with Crippen molar-refractivity contribution in [2.75, 3.05) is 24.7 Å². The molecule has 7 unspecified atom stereocenters. The summed E-state index contributed by atoms with van der Waals surface area (Å²) < 4.78 is 12.1. The highest BCUT2D eigenvalue weighted by molar-refractivity contribution is 6.24. The number of urea groups is 2. The highest BCUT2D eigenvalue weighted by atomic mass is 16.6. The fourth-order valence-corrected chi connectivity index (χ4v) is 9.28. The number of hydrogen-bond donors (Lipinski definition) is 5.